The third-order valence-corrected chi connectivity index (χ3v) is 5.42. The molecule has 3 fully saturated rings. The van der Waals surface area contributed by atoms with Crippen molar-refractivity contribution in [3.8, 4) is 0 Å². The Labute approximate surface area is 122 Å². The van der Waals surface area contributed by atoms with Crippen LogP contribution in [0.2, 0.25) is 0 Å². The van der Waals surface area contributed by atoms with Gasteiger partial charge >= 0.3 is 0 Å². The number of hydrogen-bond donors (Lipinski definition) is 2. The standard InChI is InChI=1S/C15H19N3O3/c16-15(3-4-15)14(21)17-5-6-18-12(19)10-8-1-2-9(7-8)11(10)13(18)20/h1-2,8-11H,3-7,16H2,(H,17,21). The predicted octanol–water partition coefficient (Wildman–Crippen LogP) is -0.599. The number of imide groups is 1. The normalized spacial score (nSPS) is 38.0. The van der Waals surface area contributed by atoms with Gasteiger partial charge in [0.1, 0.15) is 0 Å². The molecule has 3 N–H and O–H groups in total. The molecular formula is C15H19N3O3. The lowest BCUT2D eigenvalue weighted by atomic mass is 9.85. The van der Waals surface area contributed by atoms with Crippen molar-refractivity contribution in [2.45, 2.75) is 24.8 Å². The van der Waals surface area contributed by atoms with Crippen molar-refractivity contribution in [2.75, 3.05) is 13.1 Å². The van der Waals surface area contributed by atoms with Gasteiger partial charge in [-0.05, 0) is 31.1 Å². The van der Waals surface area contributed by atoms with Gasteiger partial charge in [0.25, 0.3) is 0 Å². The summed E-state index contributed by atoms with van der Waals surface area (Å²) in [7, 11) is 0. The number of allylic oxidation sites excluding steroid dienone is 2. The molecule has 6 nitrogen and oxygen atoms in total. The molecule has 4 unspecified atom stereocenters. The molecule has 1 saturated heterocycles. The van der Waals surface area contributed by atoms with Crippen LogP contribution >= 0.6 is 0 Å². The minimum Gasteiger partial charge on any atom is -0.353 e. The van der Waals surface area contributed by atoms with E-state index in [2.05, 4.69) is 17.5 Å². The highest BCUT2D eigenvalue weighted by Gasteiger charge is 2.59. The molecule has 21 heavy (non-hydrogen) atoms. The smallest absolute Gasteiger partial charge is 0.240 e. The molecule has 6 heteroatoms. The minimum absolute atomic E-state index is 0.0648. The number of nitrogens with zero attached hydrogens (tertiary/aromatic N) is 1. The molecule has 0 spiro atoms. The Kier molecular flexibility index (Phi) is 2.58. The number of likely N-dealkylation sites (tertiary alicyclic amines) is 1. The van der Waals surface area contributed by atoms with E-state index in [-0.39, 0.29) is 54.5 Å². The van der Waals surface area contributed by atoms with Crippen LogP contribution in [0.1, 0.15) is 19.3 Å². The second-order valence-electron chi connectivity index (χ2n) is 6.74. The summed E-state index contributed by atoms with van der Waals surface area (Å²) in [6, 6.07) is 0. The Morgan fingerprint density at radius 2 is 1.81 bits per heavy atom. The van der Waals surface area contributed by atoms with E-state index >= 15 is 0 Å². The average molecular weight is 289 g/mol. The Hall–Kier alpha value is -1.69. The van der Waals surface area contributed by atoms with Crippen molar-refractivity contribution in [1.29, 1.82) is 0 Å². The lowest BCUT2D eigenvalue weighted by Gasteiger charge is -2.18. The predicted molar refractivity (Wildman–Crippen MR) is 73.6 cm³/mol. The van der Waals surface area contributed by atoms with Gasteiger partial charge in [-0.2, -0.15) is 0 Å². The fourth-order valence-electron chi connectivity index (χ4n) is 4.00. The number of carbonyl (C=O) groups is 3. The van der Waals surface area contributed by atoms with E-state index in [9.17, 15) is 14.4 Å². The fraction of sp³-hybridized carbons (Fsp3) is 0.667. The molecular weight excluding hydrogens is 270 g/mol. The quantitative estimate of drug-likeness (QED) is 0.534. The largest absolute Gasteiger partial charge is 0.353 e. The van der Waals surface area contributed by atoms with Crippen LogP contribution in [0.25, 0.3) is 0 Å². The van der Waals surface area contributed by atoms with E-state index in [0.29, 0.717) is 12.8 Å². The topological polar surface area (TPSA) is 92.5 Å². The molecule has 112 valence electrons. The third-order valence-electron chi connectivity index (χ3n) is 5.42. The Bertz CT molecular complexity index is 537. The maximum absolute atomic E-state index is 12.4. The van der Waals surface area contributed by atoms with Gasteiger partial charge < -0.3 is 11.1 Å². The SMILES string of the molecule is NC1(C(=O)NCCN2C(=O)C3C4C=CC(C4)C3C2=O)CC1. The zero-order chi connectivity index (χ0) is 14.8. The number of nitrogens with two attached hydrogens (primary N) is 1. The molecule has 0 aromatic carbocycles. The molecule has 3 aliphatic carbocycles. The highest BCUT2D eigenvalue weighted by molar-refractivity contribution is 6.06. The summed E-state index contributed by atoms with van der Waals surface area (Å²) in [4.78, 5) is 37.9. The molecule has 4 atom stereocenters. The van der Waals surface area contributed by atoms with Crippen LogP contribution in [-0.2, 0) is 14.4 Å². The Morgan fingerprint density at radius 1 is 1.24 bits per heavy atom. The molecule has 0 aromatic heterocycles. The van der Waals surface area contributed by atoms with E-state index in [1.807, 2.05) is 0 Å². The summed E-state index contributed by atoms with van der Waals surface area (Å²) < 4.78 is 0. The first-order chi connectivity index (χ1) is 10.0. The monoisotopic (exact) mass is 289 g/mol. The molecule has 0 aromatic rings. The summed E-state index contributed by atoms with van der Waals surface area (Å²) in [5, 5.41) is 2.73. The third kappa shape index (κ3) is 1.78. The Balaban J connectivity index is 1.37. The summed E-state index contributed by atoms with van der Waals surface area (Å²) in [5.41, 5.74) is 5.08. The molecule has 2 bridgehead atoms. The maximum Gasteiger partial charge on any atom is 0.240 e. The fourth-order valence-corrected chi connectivity index (χ4v) is 4.00. The van der Waals surface area contributed by atoms with Gasteiger partial charge in [0.2, 0.25) is 17.7 Å². The van der Waals surface area contributed by atoms with Crippen molar-refractivity contribution < 1.29 is 14.4 Å². The van der Waals surface area contributed by atoms with Crippen molar-refractivity contribution >= 4 is 17.7 Å². The number of hydrogen-bond acceptors (Lipinski definition) is 4. The second kappa shape index (κ2) is 4.16. The zero-order valence-electron chi connectivity index (χ0n) is 11.7. The number of fused-ring (bicyclic) bond motifs is 5. The van der Waals surface area contributed by atoms with Gasteiger partial charge in [-0.1, -0.05) is 12.2 Å². The Morgan fingerprint density at radius 3 is 2.33 bits per heavy atom. The van der Waals surface area contributed by atoms with E-state index < -0.39 is 5.54 Å². The van der Waals surface area contributed by atoms with E-state index in [1.54, 1.807) is 0 Å². The van der Waals surface area contributed by atoms with E-state index in [1.165, 1.54) is 4.90 Å². The van der Waals surface area contributed by atoms with Crippen LogP contribution in [0.15, 0.2) is 12.2 Å². The summed E-state index contributed by atoms with van der Waals surface area (Å²) in [6.45, 7) is 0.545. The lowest BCUT2D eigenvalue weighted by Crippen LogP contribution is -2.46. The van der Waals surface area contributed by atoms with E-state index in [0.717, 1.165) is 6.42 Å². The van der Waals surface area contributed by atoms with E-state index in [4.69, 9.17) is 5.73 Å². The summed E-state index contributed by atoms with van der Waals surface area (Å²) in [5.74, 6) is -0.164. The second-order valence-corrected chi connectivity index (χ2v) is 6.74. The minimum atomic E-state index is -0.710. The molecule has 1 aliphatic heterocycles. The van der Waals surface area contributed by atoms with Crippen molar-refractivity contribution in [1.82, 2.24) is 10.2 Å². The lowest BCUT2D eigenvalue weighted by molar-refractivity contribution is -0.141. The zero-order valence-corrected chi connectivity index (χ0v) is 11.7. The molecule has 2 saturated carbocycles. The van der Waals surface area contributed by atoms with Crippen LogP contribution in [0.4, 0.5) is 0 Å². The molecule has 4 rings (SSSR count). The van der Waals surface area contributed by atoms with Gasteiger partial charge in [-0.15, -0.1) is 0 Å². The number of carbonyl (C=O) groups excluding carboxylic acids is 3. The number of nitrogens with one attached hydrogen (secondary N) is 1. The molecule has 1 heterocycles. The maximum atomic E-state index is 12.4. The van der Waals surface area contributed by atoms with Gasteiger partial charge in [0, 0.05) is 13.1 Å². The highest BCUT2D eigenvalue weighted by atomic mass is 16.2. The first-order valence-electron chi connectivity index (χ1n) is 7.62. The van der Waals surface area contributed by atoms with Crippen molar-refractivity contribution in [3.05, 3.63) is 12.2 Å². The van der Waals surface area contributed by atoms with Crippen LogP contribution < -0.4 is 11.1 Å². The van der Waals surface area contributed by atoms with Crippen LogP contribution in [0.3, 0.4) is 0 Å². The summed E-state index contributed by atoms with van der Waals surface area (Å²) in [6.07, 6.45) is 6.51. The van der Waals surface area contributed by atoms with Crippen LogP contribution in [0, 0.1) is 23.7 Å². The van der Waals surface area contributed by atoms with Crippen LogP contribution in [0.5, 0.6) is 0 Å². The van der Waals surface area contributed by atoms with Gasteiger partial charge in [-0.3, -0.25) is 19.3 Å². The first-order valence-corrected chi connectivity index (χ1v) is 7.62. The van der Waals surface area contributed by atoms with Gasteiger partial charge in [0.15, 0.2) is 0 Å². The number of amides is 3. The first kappa shape index (κ1) is 13.0. The molecule has 0 radical (unpaired) electrons. The average Bonchev–Trinajstić information content (AvgIpc) is 2.86. The molecule has 4 aliphatic rings. The van der Waals surface area contributed by atoms with Crippen LogP contribution in [-0.4, -0.2) is 41.2 Å². The van der Waals surface area contributed by atoms with Crippen molar-refractivity contribution in [2.24, 2.45) is 29.4 Å². The van der Waals surface area contributed by atoms with Gasteiger partial charge in [0.05, 0.1) is 17.4 Å². The van der Waals surface area contributed by atoms with Crippen molar-refractivity contribution in [3.63, 3.8) is 0 Å². The highest BCUT2D eigenvalue weighted by Crippen LogP contribution is 2.52. The van der Waals surface area contributed by atoms with Gasteiger partial charge in [-0.25, -0.2) is 0 Å². The summed E-state index contributed by atoms with van der Waals surface area (Å²) >= 11 is 0. The molecule has 3 amide bonds. The number of rotatable bonds is 4.